The second kappa shape index (κ2) is 5.96. The highest BCUT2D eigenvalue weighted by molar-refractivity contribution is 5.98. The van der Waals surface area contributed by atoms with Crippen molar-refractivity contribution in [1.82, 2.24) is 0 Å². The molecular weight excluding hydrogens is 229 g/mol. The summed E-state index contributed by atoms with van der Waals surface area (Å²) >= 11 is 0. The lowest BCUT2D eigenvalue weighted by atomic mass is 10.1. The molecule has 0 unspecified atom stereocenters. The largest absolute Gasteiger partial charge is 0.391 e. The second-order valence-electron chi connectivity index (χ2n) is 3.92. The quantitative estimate of drug-likeness (QED) is 0.591. The third-order valence-electron chi connectivity index (χ3n) is 2.54. The molecule has 0 aliphatic heterocycles. The minimum atomic E-state index is -0.290. The van der Waals surface area contributed by atoms with E-state index in [0.29, 0.717) is 17.9 Å². The molecule has 0 atom stereocenters. The van der Waals surface area contributed by atoms with Gasteiger partial charge in [-0.25, -0.2) is 4.39 Å². The first kappa shape index (κ1) is 12.3. The maximum atomic E-state index is 13.5. The van der Waals surface area contributed by atoms with Gasteiger partial charge in [0.05, 0.1) is 5.71 Å². The minimum Gasteiger partial charge on any atom is -0.391 e. The first-order valence-corrected chi connectivity index (χ1v) is 5.73. The fourth-order valence-electron chi connectivity index (χ4n) is 1.58. The summed E-state index contributed by atoms with van der Waals surface area (Å²) in [7, 11) is 0. The lowest BCUT2D eigenvalue weighted by Crippen LogP contribution is -1.99. The lowest BCUT2D eigenvalue weighted by Gasteiger charge is -2.03. The van der Waals surface area contributed by atoms with Gasteiger partial charge in [-0.15, -0.1) is 0 Å². The summed E-state index contributed by atoms with van der Waals surface area (Å²) < 4.78 is 13.5. The number of halogens is 1. The molecule has 2 rings (SSSR count). The van der Waals surface area contributed by atoms with Crippen molar-refractivity contribution in [3.8, 4) is 0 Å². The van der Waals surface area contributed by atoms with Crippen LogP contribution < -0.4 is 0 Å². The fourth-order valence-corrected chi connectivity index (χ4v) is 1.58. The zero-order valence-electron chi connectivity index (χ0n) is 10.1. The molecule has 0 saturated heterocycles. The van der Waals surface area contributed by atoms with Crippen molar-refractivity contribution in [1.29, 1.82) is 0 Å². The van der Waals surface area contributed by atoms with Crippen LogP contribution in [-0.2, 0) is 11.4 Å². The van der Waals surface area contributed by atoms with Crippen LogP contribution in [0.3, 0.4) is 0 Å². The highest BCUT2D eigenvalue weighted by atomic mass is 19.1. The Kier molecular flexibility index (Phi) is 4.07. The molecule has 2 aromatic rings. The molecule has 0 fully saturated rings. The van der Waals surface area contributed by atoms with Gasteiger partial charge in [-0.05, 0) is 18.6 Å². The summed E-state index contributed by atoms with van der Waals surface area (Å²) in [6.45, 7) is 2.11. The van der Waals surface area contributed by atoms with Crippen molar-refractivity contribution in [2.75, 3.05) is 0 Å². The van der Waals surface area contributed by atoms with Crippen LogP contribution in [0.5, 0.6) is 0 Å². The Morgan fingerprint density at radius 3 is 2.44 bits per heavy atom. The Labute approximate surface area is 106 Å². The van der Waals surface area contributed by atoms with Crippen LogP contribution in [0.2, 0.25) is 0 Å². The number of hydrogen-bond acceptors (Lipinski definition) is 2. The number of oxime groups is 1. The maximum absolute atomic E-state index is 13.5. The van der Waals surface area contributed by atoms with Gasteiger partial charge in [0, 0.05) is 5.56 Å². The monoisotopic (exact) mass is 243 g/mol. The molecule has 0 spiro atoms. The van der Waals surface area contributed by atoms with Gasteiger partial charge in [-0.1, -0.05) is 53.7 Å². The van der Waals surface area contributed by atoms with E-state index in [4.69, 9.17) is 4.84 Å². The fraction of sp³-hybridized carbons (Fsp3) is 0.133. The van der Waals surface area contributed by atoms with Crippen molar-refractivity contribution in [2.45, 2.75) is 13.5 Å². The van der Waals surface area contributed by atoms with Crippen molar-refractivity contribution in [3.63, 3.8) is 0 Å². The van der Waals surface area contributed by atoms with Gasteiger partial charge in [0.25, 0.3) is 0 Å². The van der Waals surface area contributed by atoms with E-state index >= 15 is 0 Å². The Bertz CT molecular complexity index is 537. The molecule has 92 valence electrons. The molecule has 0 aliphatic rings. The van der Waals surface area contributed by atoms with Crippen LogP contribution in [0.25, 0.3) is 0 Å². The Hall–Kier alpha value is -2.16. The van der Waals surface area contributed by atoms with Crippen LogP contribution >= 0.6 is 0 Å². The van der Waals surface area contributed by atoms with Gasteiger partial charge < -0.3 is 4.84 Å². The SMILES string of the molecule is C/C(=N\OCc1ccccc1)c1ccccc1F. The summed E-state index contributed by atoms with van der Waals surface area (Å²) in [5.41, 5.74) is 2.03. The first-order valence-electron chi connectivity index (χ1n) is 5.73. The van der Waals surface area contributed by atoms with E-state index in [9.17, 15) is 4.39 Å². The highest BCUT2D eigenvalue weighted by Gasteiger charge is 2.04. The number of rotatable bonds is 4. The van der Waals surface area contributed by atoms with E-state index < -0.39 is 0 Å². The third kappa shape index (κ3) is 3.17. The lowest BCUT2D eigenvalue weighted by molar-refractivity contribution is 0.130. The van der Waals surface area contributed by atoms with Gasteiger partial charge >= 0.3 is 0 Å². The summed E-state index contributed by atoms with van der Waals surface area (Å²) in [6, 6.07) is 16.2. The van der Waals surface area contributed by atoms with Crippen molar-refractivity contribution in [3.05, 3.63) is 71.5 Å². The molecular formula is C15H14FNO. The van der Waals surface area contributed by atoms with Gasteiger partial charge in [-0.2, -0.15) is 0 Å². The van der Waals surface area contributed by atoms with E-state index in [1.807, 2.05) is 30.3 Å². The molecule has 0 radical (unpaired) electrons. The number of benzene rings is 2. The Morgan fingerprint density at radius 1 is 1.06 bits per heavy atom. The molecule has 0 N–H and O–H groups in total. The molecule has 18 heavy (non-hydrogen) atoms. The van der Waals surface area contributed by atoms with Crippen LogP contribution in [0, 0.1) is 5.82 Å². The molecule has 0 amide bonds. The highest BCUT2D eigenvalue weighted by Crippen LogP contribution is 2.08. The average molecular weight is 243 g/mol. The zero-order chi connectivity index (χ0) is 12.8. The molecule has 2 nitrogen and oxygen atoms in total. The topological polar surface area (TPSA) is 21.6 Å². The van der Waals surface area contributed by atoms with Crippen molar-refractivity contribution < 1.29 is 9.23 Å². The minimum absolute atomic E-state index is 0.290. The summed E-state index contributed by atoms with van der Waals surface area (Å²) in [6.07, 6.45) is 0. The molecule has 3 heteroatoms. The van der Waals surface area contributed by atoms with Crippen LogP contribution in [-0.4, -0.2) is 5.71 Å². The molecule has 0 aromatic heterocycles. The van der Waals surface area contributed by atoms with E-state index in [-0.39, 0.29) is 5.82 Å². The maximum Gasteiger partial charge on any atom is 0.142 e. The Balaban J connectivity index is 2.00. The second-order valence-corrected chi connectivity index (χ2v) is 3.92. The van der Waals surface area contributed by atoms with E-state index in [0.717, 1.165) is 5.56 Å². The van der Waals surface area contributed by atoms with Crippen LogP contribution in [0.1, 0.15) is 18.1 Å². The van der Waals surface area contributed by atoms with Crippen molar-refractivity contribution >= 4 is 5.71 Å². The molecule has 0 aliphatic carbocycles. The van der Waals surface area contributed by atoms with E-state index in [1.54, 1.807) is 25.1 Å². The normalized spacial score (nSPS) is 11.3. The average Bonchev–Trinajstić information content (AvgIpc) is 2.40. The summed E-state index contributed by atoms with van der Waals surface area (Å²) in [5, 5.41) is 3.93. The Morgan fingerprint density at radius 2 is 1.72 bits per heavy atom. The first-order chi connectivity index (χ1) is 8.77. The summed E-state index contributed by atoms with van der Waals surface area (Å²) in [5.74, 6) is -0.290. The predicted octanol–water partition coefficient (Wildman–Crippen LogP) is 3.77. The van der Waals surface area contributed by atoms with Gasteiger partial charge in [0.1, 0.15) is 12.4 Å². The van der Waals surface area contributed by atoms with Crippen molar-refractivity contribution in [2.24, 2.45) is 5.16 Å². The summed E-state index contributed by atoms with van der Waals surface area (Å²) in [4.78, 5) is 5.21. The van der Waals surface area contributed by atoms with E-state index in [1.165, 1.54) is 6.07 Å². The molecule has 0 heterocycles. The van der Waals surface area contributed by atoms with Gasteiger partial charge in [0.2, 0.25) is 0 Å². The van der Waals surface area contributed by atoms with E-state index in [2.05, 4.69) is 5.16 Å². The standard InChI is InChI=1S/C15H14FNO/c1-12(14-9-5-6-10-15(14)16)17-18-11-13-7-3-2-4-8-13/h2-10H,11H2,1H3/b17-12+. The molecule has 0 saturated carbocycles. The van der Waals surface area contributed by atoms with Crippen LogP contribution in [0.4, 0.5) is 4.39 Å². The smallest absolute Gasteiger partial charge is 0.142 e. The number of hydrogen-bond donors (Lipinski definition) is 0. The molecule has 0 bridgehead atoms. The predicted molar refractivity (Wildman–Crippen MR) is 69.8 cm³/mol. The zero-order valence-corrected chi connectivity index (χ0v) is 10.1. The van der Waals surface area contributed by atoms with Gasteiger partial charge in [-0.3, -0.25) is 0 Å². The third-order valence-corrected chi connectivity index (χ3v) is 2.54. The van der Waals surface area contributed by atoms with Gasteiger partial charge in [0.15, 0.2) is 0 Å². The van der Waals surface area contributed by atoms with Crippen LogP contribution in [0.15, 0.2) is 59.8 Å². The number of nitrogens with zero attached hydrogens (tertiary/aromatic N) is 1. The molecule has 2 aromatic carbocycles.